The van der Waals surface area contributed by atoms with Crippen molar-refractivity contribution in [3.63, 3.8) is 0 Å². The van der Waals surface area contributed by atoms with Gasteiger partial charge in [-0.25, -0.2) is 4.98 Å². The molecule has 2 aromatic carbocycles. The van der Waals surface area contributed by atoms with Crippen molar-refractivity contribution in [1.29, 1.82) is 0 Å². The molecule has 1 heterocycles. The molecule has 0 radical (unpaired) electrons. The van der Waals surface area contributed by atoms with Crippen molar-refractivity contribution in [2.24, 2.45) is 0 Å². The van der Waals surface area contributed by atoms with Crippen LogP contribution in [0.1, 0.15) is 11.3 Å². The molecule has 3 aromatic rings. The fourth-order valence-corrected chi connectivity index (χ4v) is 1.92. The Morgan fingerprint density at radius 1 is 0.727 bits per heavy atom. The van der Waals surface area contributed by atoms with E-state index in [-0.39, 0.29) is 0 Å². The molecule has 0 atom stereocenters. The van der Waals surface area contributed by atoms with Crippen LogP contribution in [0.2, 0.25) is 0 Å². The Kier molecular flexibility index (Phi) is 4.62. The standard InChI is InChI=1S/C18H16N2O2/c1-3-7-15(8-4-1)13-22-18-19-12-11-16(20-18)14-21-17-9-5-2-6-10-17/h1-12H,13-14H2. The minimum absolute atomic E-state index is 0.359. The van der Waals surface area contributed by atoms with E-state index in [0.717, 1.165) is 17.0 Å². The molecule has 3 rings (SSSR count). The minimum atomic E-state index is 0.359. The van der Waals surface area contributed by atoms with Gasteiger partial charge in [-0.15, -0.1) is 0 Å². The molecule has 0 N–H and O–H groups in total. The summed E-state index contributed by atoms with van der Waals surface area (Å²) in [4.78, 5) is 8.47. The monoisotopic (exact) mass is 292 g/mol. The predicted octanol–water partition coefficient (Wildman–Crippen LogP) is 3.63. The van der Waals surface area contributed by atoms with E-state index < -0.39 is 0 Å². The van der Waals surface area contributed by atoms with Crippen molar-refractivity contribution < 1.29 is 9.47 Å². The lowest BCUT2D eigenvalue weighted by molar-refractivity contribution is 0.269. The highest BCUT2D eigenvalue weighted by Crippen LogP contribution is 2.12. The van der Waals surface area contributed by atoms with Crippen LogP contribution in [-0.4, -0.2) is 9.97 Å². The van der Waals surface area contributed by atoms with Crippen molar-refractivity contribution in [2.45, 2.75) is 13.2 Å². The van der Waals surface area contributed by atoms with Gasteiger partial charge in [-0.3, -0.25) is 0 Å². The van der Waals surface area contributed by atoms with Crippen LogP contribution in [0.5, 0.6) is 11.8 Å². The first-order valence-electron chi connectivity index (χ1n) is 7.07. The van der Waals surface area contributed by atoms with Gasteiger partial charge >= 0.3 is 6.01 Å². The maximum Gasteiger partial charge on any atom is 0.317 e. The first-order chi connectivity index (χ1) is 10.9. The molecule has 0 saturated heterocycles. The number of para-hydroxylation sites is 1. The Hall–Kier alpha value is -2.88. The van der Waals surface area contributed by atoms with E-state index in [1.807, 2.05) is 66.7 Å². The van der Waals surface area contributed by atoms with Crippen LogP contribution in [-0.2, 0) is 13.2 Å². The van der Waals surface area contributed by atoms with E-state index in [4.69, 9.17) is 9.47 Å². The number of benzene rings is 2. The third-order valence-corrected chi connectivity index (χ3v) is 3.03. The summed E-state index contributed by atoms with van der Waals surface area (Å²) in [6.45, 7) is 0.831. The van der Waals surface area contributed by atoms with Gasteiger partial charge in [0.1, 0.15) is 19.0 Å². The molecule has 1 aromatic heterocycles. The van der Waals surface area contributed by atoms with Crippen molar-refractivity contribution in [1.82, 2.24) is 9.97 Å². The summed E-state index contributed by atoms with van der Waals surface area (Å²) in [5.74, 6) is 0.813. The Morgan fingerprint density at radius 2 is 1.45 bits per heavy atom. The molecular weight excluding hydrogens is 276 g/mol. The van der Waals surface area contributed by atoms with Gasteiger partial charge in [0.05, 0.1) is 5.69 Å². The zero-order chi connectivity index (χ0) is 15.0. The molecule has 22 heavy (non-hydrogen) atoms. The average molecular weight is 292 g/mol. The Labute approximate surface area is 129 Å². The summed E-state index contributed by atoms with van der Waals surface area (Å²) in [6, 6.07) is 21.7. The van der Waals surface area contributed by atoms with Gasteiger partial charge in [0.15, 0.2) is 0 Å². The van der Waals surface area contributed by atoms with E-state index >= 15 is 0 Å². The zero-order valence-corrected chi connectivity index (χ0v) is 12.1. The topological polar surface area (TPSA) is 44.2 Å². The summed E-state index contributed by atoms with van der Waals surface area (Å²) in [5, 5.41) is 0. The van der Waals surface area contributed by atoms with Crippen LogP contribution in [0.15, 0.2) is 72.9 Å². The lowest BCUT2D eigenvalue weighted by Gasteiger charge is -2.07. The average Bonchev–Trinajstić information content (AvgIpc) is 2.60. The number of nitrogens with zero attached hydrogens (tertiary/aromatic N) is 2. The number of aromatic nitrogens is 2. The molecule has 0 fully saturated rings. The third kappa shape index (κ3) is 4.06. The van der Waals surface area contributed by atoms with E-state index in [1.165, 1.54) is 0 Å². The molecular formula is C18H16N2O2. The fraction of sp³-hybridized carbons (Fsp3) is 0.111. The zero-order valence-electron chi connectivity index (χ0n) is 12.1. The van der Waals surface area contributed by atoms with Gasteiger partial charge in [0, 0.05) is 6.20 Å². The molecule has 0 amide bonds. The normalized spacial score (nSPS) is 10.2. The van der Waals surface area contributed by atoms with Crippen LogP contribution in [0.3, 0.4) is 0 Å². The molecule has 0 aliphatic rings. The van der Waals surface area contributed by atoms with Crippen LogP contribution in [0, 0.1) is 0 Å². The van der Waals surface area contributed by atoms with E-state index in [0.29, 0.717) is 19.2 Å². The Balaban J connectivity index is 1.58. The smallest absolute Gasteiger partial charge is 0.317 e. The predicted molar refractivity (Wildman–Crippen MR) is 83.6 cm³/mol. The molecule has 0 spiro atoms. The van der Waals surface area contributed by atoms with Gasteiger partial charge in [-0.1, -0.05) is 48.5 Å². The summed E-state index contributed by atoms with van der Waals surface area (Å²) < 4.78 is 11.3. The molecule has 0 saturated carbocycles. The van der Waals surface area contributed by atoms with Gasteiger partial charge in [0.2, 0.25) is 0 Å². The molecule has 0 unspecified atom stereocenters. The molecule has 4 heteroatoms. The maximum absolute atomic E-state index is 5.66. The van der Waals surface area contributed by atoms with Gasteiger partial charge in [-0.2, -0.15) is 4.98 Å². The van der Waals surface area contributed by atoms with Crippen LogP contribution in [0.25, 0.3) is 0 Å². The van der Waals surface area contributed by atoms with Gasteiger partial charge in [0.25, 0.3) is 0 Å². The second-order valence-corrected chi connectivity index (χ2v) is 4.71. The second-order valence-electron chi connectivity index (χ2n) is 4.71. The largest absolute Gasteiger partial charge is 0.487 e. The Bertz CT molecular complexity index is 644. The fourth-order valence-electron chi connectivity index (χ4n) is 1.92. The molecule has 0 aliphatic heterocycles. The number of hydrogen-bond acceptors (Lipinski definition) is 4. The van der Waals surface area contributed by atoms with Crippen LogP contribution < -0.4 is 9.47 Å². The van der Waals surface area contributed by atoms with E-state index in [1.54, 1.807) is 6.20 Å². The highest BCUT2D eigenvalue weighted by molar-refractivity contribution is 5.21. The quantitative estimate of drug-likeness (QED) is 0.696. The van der Waals surface area contributed by atoms with E-state index in [9.17, 15) is 0 Å². The van der Waals surface area contributed by atoms with Crippen molar-refractivity contribution in [2.75, 3.05) is 0 Å². The molecule has 0 aliphatic carbocycles. The minimum Gasteiger partial charge on any atom is -0.487 e. The Morgan fingerprint density at radius 3 is 2.23 bits per heavy atom. The summed E-state index contributed by atoms with van der Waals surface area (Å²) in [5.41, 5.74) is 1.86. The summed E-state index contributed by atoms with van der Waals surface area (Å²) >= 11 is 0. The van der Waals surface area contributed by atoms with Gasteiger partial charge < -0.3 is 9.47 Å². The molecule has 0 bridgehead atoms. The number of rotatable bonds is 6. The third-order valence-electron chi connectivity index (χ3n) is 3.03. The summed E-state index contributed by atoms with van der Waals surface area (Å²) in [6.07, 6.45) is 1.68. The highest BCUT2D eigenvalue weighted by Gasteiger charge is 2.02. The van der Waals surface area contributed by atoms with Crippen molar-refractivity contribution >= 4 is 0 Å². The van der Waals surface area contributed by atoms with Crippen LogP contribution in [0.4, 0.5) is 0 Å². The first kappa shape index (κ1) is 14.1. The molecule has 110 valence electrons. The maximum atomic E-state index is 5.66. The lowest BCUT2D eigenvalue weighted by atomic mass is 10.2. The number of hydrogen-bond donors (Lipinski definition) is 0. The molecule has 4 nitrogen and oxygen atoms in total. The van der Waals surface area contributed by atoms with Crippen LogP contribution >= 0.6 is 0 Å². The first-order valence-corrected chi connectivity index (χ1v) is 7.07. The van der Waals surface area contributed by atoms with E-state index in [2.05, 4.69) is 9.97 Å². The van der Waals surface area contributed by atoms with Crippen molar-refractivity contribution in [3.8, 4) is 11.8 Å². The lowest BCUT2D eigenvalue weighted by Crippen LogP contribution is -2.03. The van der Waals surface area contributed by atoms with Gasteiger partial charge in [-0.05, 0) is 23.8 Å². The summed E-state index contributed by atoms with van der Waals surface area (Å²) in [7, 11) is 0. The second kappa shape index (κ2) is 7.22. The number of ether oxygens (including phenoxy) is 2. The highest BCUT2D eigenvalue weighted by atomic mass is 16.5. The SMILES string of the molecule is c1ccc(COc2nccc(COc3ccccc3)n2)cc1. The van der Waals surface area contributed by atoms with Crippen molar-refractivity contribution in [3.05, 3.63) is 84.2 Å².